The van der Waals surface area contributed by atoms with Crippen molar-refractivity contribution in [1.29, 1.82) is 0 Å². The second-order valence-electron chi connectivity index (χ2n) is 12.9. The minimum absolute atomic E-state index is 0.00761. The van der Waals surface area contributed by atoms with E-state index in [2.05, 4.69) is 108 Å². The molecule has 0 aromatic heterocycles. The Balaban J connectivity index is 1.54. The zero-order valence-corrected chi connectivity index (χ0v) is 23.4. The van der Waals surface area contributed by atoms with E-state index in [0.29, 0.717) is 23.9 Å². The normalized spacial score (nSPS) is 34.9. The van der Waals surface area contributed by atoms with Gasteiger partial charge in [0.1, 0.15) is 0 Å². The van der Waals surface area contributed by atoms with Gasteiger partial charge in [0.15, 0.2) is 0 Å². The predicted octanol–water partition coefficient (Wildman–Crippen LogP) is 6.60. The van der Waals surface area contributed by atoms with E-state index < -0.39 is 8.32 Å². The molecule has 2 aliphatic heterocycles. The summed E-state index contributed by atoms with van der Waals surface area (Å²) in [6.45, 7) is 18.1. The van der Waals surface area contributed by atoms with E-state index in [4.69, 9.17) is 9.16 Å². The van der Waals surface area contributed by atoms with Crippen molar-refractivity contribution in [1.82, 2.24) is 0 Å². The third-order valence-electron chi connectivity index (χ3n) is 10.4. The van der Waals surface area contributed by atoms with Gasteiger partial charge in [0.25, 0.3) is 8.32 Å². The maximum atomic E-state index is 7.49. The first kappa shape index (κ1) is 25.0. The average molecular weight is 489 g/mol. The molecular weight excluding hydrogens is 444 g/mol. The molecule has 0 radical (unpaired) electrons. The van der Waals surface area contributed by atoms with E-state index in [-0.39, 0.29) is 15.9 Å². The minimum Gasteiger partial charge on any atom is -0.407 e. The lowest BCUT2D eigenvalue weighted by Crippen LogP contribution is -2.68. The van der Waals surface area contributed by atoms with Crippen LogP contribution in [0.15, 0.2) is 73.3 Å². The second-order valence-corrected chi connectivity index (χ2v) is 17.2. The first-order valence-corrected chi connectivity index (χ1v) is 15.6. The summed E-state index contributed by atoms with van der Waals surface area (Å²) in [5.74, 6) is 1.85. The number of hydrogen-bond donors (Lipinski definition) is 0. The SMILES string of the molecule is C=C[C@@]1(C)[C@H](C)CC[C@@]23CO[C@@H](C[C@@H]2CO[Si](c2ccccc2)(c2ccccc2)C(C)(C)C)C[C@H]13. The lowest BCUT2D eigenvalue weighted by Gasteiger charge is -2.65. The number of fused-ring (bicyclic) bond motifs is 2. The van der Waals surface area contributed by atoms with Gasteiger partial charge in [-0.3, -0.25) is 0 Å². The molecule has 6 atom stereocenters. The first-order chi connectivity index (χ1) is 16.7. The van der Waals surface area contributed by atoms with E-state index >= 15 is 0 Å². The third-order valence-corrected chi connectivity index (χ3v) is 15.4. The van der Waals surface area contributed by atoms with Gasteiger partial charge in [-0.2, -0.15) is 0 Å². The Morgan fingerprint density at radius 2 is 1.63 bits per heavy atom. The molecule has 4 aliphatic rings. The van der Waals surface area contributed by atoms with Crippen LogP contribution in [-0.4, -0.2) is 27.6 Å². The molecule has 2 heterocycles. The van der Waals surface area contributed by atoms with E-state index in [9.17, 15) is 0 Å². The summed E-state index contributed by atoms with van der Waals surface area (Å²) in [4.78, 5) is 0. The Morgan fingerprint density at radius 3 is 2.17 bits per heavy atom. The van der Waals surface area contributed by atoms with Gasteiger partial charge in [-0.15, -0.1) is 6.58 Å². The second kappa shape index (κ2) is 9.01. The fourth-order valence-corrected chi connectivity index (χ4v) is 12.7. The summed E-state index contributed by atoms with van der Waals surface area (Å²) >= 11 is 0. The predicted molar refractivity (Wildman–Crippen MR) is 149 cm³/mol. The lowest BCUT2D eigenvalue weighted by atomic mass is 9.44. The van der Waals surface area contributed by atoms with Gasteiger partial charge in [0.05, 0.1) is 12.7 Å². The Labute approximate surface area is 214 Å². The highest BCUT2D eigenvalue weighted by atomic mass is 28.4. The van der Waals surface area contributed by atoms with Crippen molar-refractivity contribution in [2.45, 2.75) is 71.4 Å². The number of benzene rings is 2. The molecule has 4 fully saturated rings. The number of allylic oxidation sites excluding steroid dienone is 1. The van der Waals surface area contributed by atoms with E-state index in [1.807, 2.05) is 0 Å². The molecule has 0 unspecified atom stereocenters. The third kappa shape index (κ3) is 3.81. The molecule has 2 bridgehead atoms. The van der Waals surface area contributed by atoms with Crippen LogP contribution in [0.25, 0.3) is 0 Å². The van der Waals surface area contributed by atoms with Crippen molar-refractivity contribution in [3.63, 3.8) is 0 Å². The fourth-order valence-electron chi connectivity index (χ4n) is 8.09. The highest BCUT2D eigenvalue weighted by Crippen LogP contribution is 2.65. The maximum Gasteiger partial charge on any atom is 0.261 e. The molecule has 2 aromatic carbocycles. The Bertz CT molecular complexity index is 989. The Morgan fingerprint density at radius 1 is 1.03 bits per heavy atom. The van der Waals surface area contributed by atoms with Crippen LogP contribution in [-0.2, 0) is 9.16 Å². The summed E-state index contributed by atoms with van der Waals surface area (Å²) in [6, 6.07) is 22.2. The molecule has 6 rings (SSSR count). The molecule has 3 heteroatoms. The molecule has 0 amide bonds. The average Bonchev–Trinajstić information content (AvgIpc) is 2.87. The van der Waals surface area contributed by atoms with Gasteiger partial charge in [0, 0.05) is 12.0 Å². The summed E-state index contributed by atoms with van der Waals surface area (Å²) in [7, 11) is -2.54. The van der Waals surface area contributed by atoms with Crippen molar-refractivity contribution in [3.8, 4) is 0 Å². The molecule has 2 aromatic rings. The molecule has 188 valence electrons. The largest absolute Gasteiger partial charge is 0.407 e. The van der Waals surface area contributed by atoms with E-state index in [1.165, 1.54) is 29.6 Å². The number of rotatable bonds is 6. The summed E-state index contributed by atoms with van der Waals surface area (Å²) in [5, 5.41) is 2.75. The topological polar surface area (TPSA) is 18.5 Å². The van der Waals surface area contributed by atoms with Gasteiger partial charge in [-0.05, 0) is 64.3 Å². The van der Waals surface area contributed by atoms with Crippen LogP contribution in [0.4, 0.5) is 0 Å². The Kier molecular flexibility index (Phi) is 6.43. The van der Waals surface area contributed by atoms with Gasteiger partial charge < -0.3 is 9.16 Å². The first-order valence-electron chi connectivity index (χ1n) is 13.7. The molecule has 1 spiro atoms. The number of hydrogen-bond acceptors (Lipinski definition) is 2. The molecule has 2 saturated heterocycles. The van der Waals surface area contributed by atoms with Crippen LogP contribution in [0.1, 0.15) is 60.3 Å². The van der Waals surface area contributed by atoms with Crippen molar-refractivity contribution < 1.29 is 9.16 Å². The highest BCUT2D eigenvalue weighted by Gasteiger charge is 2.62. The zero-order chi connectivity index (χ0) is 24.9. The lowest BCUT2D eigenvalue weighted by molar-refractivity contribution is -0.236. The van der Waals surface area contributed by atoms with Gasteiger partial charge in [0.2, 0.25) is 0 Å². The summed E-state index contributed by atoms with van der Waals surface area (Å²) in [6.07, 6.45) is 7.47. The molecule has 35 heavy (non-hydrogen) atoms. The van der Waals surface area contributed by atoms with Gasteiger partial charge in [-0.25, -0.2) is 0 Å². The zero-order valence-electron chi connectivity index (χ0n) is 22.4. The van der Waals surface area contributed by atoms with Crippen molar-refractivity contribution in [3.05, 3.63) is 73.3 Å². The van der Waals surface area contributed by atoms with Crippen LogP contribution in [0.2, 0.25) is 5.04 Å². The summed E-state index contributed by atoms with van der Waals surface area (Å²) in [5.41, 5.74) is 0.381. The maximum absolute atomic E-state index is 7.49. The highest BCUT2D eigenvalue weighted by molar-refractivity contribution is 6.99. The van der Waals surface area contributed by atoms with Crippen LogP contribution >= 0.6 is 0 Å². The van der Waals surface area contributed by atoms with Gasteiger partial charge in [-0.1, -0.05) is 101 Å². The number of ether oxygens (including phenoxy) is 1. The van der Waals surface area contributed by atoms with E-state index in [0.717, 1.165) is 19.6 Å². The standard InChI is InChI=1S/C32H44O2Si/c1-7-31(6)24(2)18-19-32-23-33-26(21-29(31)32)20-25(32)22-34-35(30(3,4)5,27-14-10-8-11-15-27)28-16-12-9-13-17-28/h7-17,24-26,29H,1,18-23H2,2-6H3/t24-,25-,26+,29-,31+,32-/m1/s1. The fraction of sp³-hybridized carbons (Fsp3) is 0.562. The van der Waals surface area contributed by atoms with Crippen molar-refractivity contribution in [2.24, 2.45) is 28.6 Å². The van der Waals surface area contributed by atoms with Crippen LogP contribution in [0.5, 0.6) is 0 Å². The molecule has 2 nitrogen and oxygen atoms in total. The van der Waals surface area contributed by atoms with Crippen molar-refractivity contribution >= 4 is 18.7 Å². The minimum atomic E-state index is -2.54. The summed E-state index contributed by atoms with van der Waals surface area (Å²) < 4.78 is 13.9. The molecule has 2 saturated carbocycles. The quantitative estimate of drug-likeness (QED) is 0.337. The smallest absolute Gasteiger partial charge is 0.261 e. The van der Waals surface area contributed by atoms with Crippen molar-refractivity contribution in [2.75, 3.05) is 13.2 Å². The monoisotopic (exact) mass is 488 g/mol. The molecular formula is C32H44O2Si. The molecule has 0 N–H and O–H groups in total. The van der Waals surface area contributed by atoms with Crippen LogP contribution in [0.3, 0.4) is 0 Å². The Hall–Kier alpha value is -1.68. The van der Waals surface area contributed by atoms with Crippen LogP contribution < -0.4 is 10.4 Å². The van der Waals surface area contributed by atoms with Gasteiger partial charge >= 0.3 is 0 Å². The van der Waals surface area contributed by atoms with Crippen LogP contribution in [0, 0.1) is 28.6 Å². The van der Waals surface area contributed by atoms with E-state index in [1.54, 1.807) is 0 Å². The molecule has 2 aliphatic carbocycles.